The summed E-state index contributed by atoms with van der Waals surface area (Å²) in [5.74, 6) is -0.449. The predicted octanol–water partition coefficient (Wildman–Crippen LogP) is 3.64. The van der Waals surface area contributed by atoms with Crippen molar-refractivity contribution in [2.45, 2.75) is 79.2 Å². The van der Waals surface area contributed by atoms with Crippen molar-refractivity contribution >= 4 is 29.3 Å². The number of benzene rings is 2. The molecule has 0 aliphatic heterocycles. The Bertz CT molecular complexity index is 1140. The quantitative estimate of drug-likeness (QED) is 0.267. The van der Waals surface area contributed by atoms with E-state index < -0.39 is 23.8 Å². The highest BCUT2D eigenvalue weighted by Gasteiger charge is 2.20. The fraction of sp³-hybridized carbons (Fsp3) is 0.414. The summed E-state index contributed by atoms with van der Waals surface area (Å²) in [5.41, 5.74) is 9.51. The first kappa shape index (κ1) is 33.0. The van der Waals surface area contributed by atoms with E-state index in [1.165, 1.54) is 0 Å². The van der Waals surface area contributed by atoms with Gasteiger partial charge in [-0.1, -0.05) is 48.5 Å². The SMILES string of the molecule is CC(=N)c1ccc(CNC(=O)[C@H](C)N)cc1.CC(=N)c1ccc(CNC(=O)[C@H](C)NC(=O)OC(C)(C)C)cc1. The Hall–Kier alpha value is -4.05. The third-order valence-corrected chi connectivity index (χ3v) is 5.25. The molecule has 2 atom stereocenters. The molecule has 10 heteroatoms. The summed E-state index contributed by atoms with van der Waals surface area (Å²) < 4.78 is 5.11. The number of hydrogen-bond donors (Lipinski definition) is 6. The zero-order chi connectivity index (χ0) is 29.8. The summed E-state index contributed by atoms with van der Waals surface area (Å²) in [5, 5.41) is 23.0. The second kappa shape index (κ2) is 15.4. The van der Waals surface area contributed by atoms with Crippen molar-refractivity contribution in [1.29, 1.82) is 10.8 Å². The van der Waals surface area contributed by atoms with Crippen LogP contribution in [0.2, 0.25) is 0 Å². The summed E-state index contributed by atoms with van der Waals surface area (Å²) in [4.78, 5) is 34.8. The van der Waals surface area contributed by atoms with E-state index in [0.29, 0.717) is 24.5 Å². The first-order valence-electron chi connectivity index (χ1n) is 12.7. The van der Waals surface area contributed by atoms with Crippen LogP contribution in [-0.4, -0.2) is 47.0 Å². The molecule has 0 fully saturated rings. The van der Waals surface area contributed by atoms with Crippen molar-refractivity contribution in [2.24, 2.45) is 5.73 Å². The Morgan fingerprint density at radius 2 is 1.18 bits per heavy atom. The van der Waals surface area contributed by atoms with E-state index in [0.717, 1.165) is 22.3 Å². The molecule has 0 aliphatic rings. The van der Waals surface area contributed by atoms with Crippen LogP contribution >= 0.6 is 0 Å². The van der Waals surface area contributed by atoms with Crippen molar-refractivity contribution in [1.82, 2.24) is 16.0 Å². The van der Waals surface area contributed by atoms with Gasteiger partial charge in [-0.2, -0.15) is 0 Å². The first-order valence-corrected chi connectivity index (χ1v) is 12.7. The van der Waals surface area contributed by atoms with Crippen molar-refractivity contribution < 1.29 is 19.1 Å². The molecule has 212 valence electrons. The maximum atomic E-state index is 12.0. The highest BCUT2D eigenvalue weighted by atomic mass is 16.6. The van der Waals surface area contributed by atoms with Gasteiger partial charge in [-0.15, -0.1) is 0 Å². The first-order chi connectivity index (χ1) is 18.1. The van der Waals surface area contributed by atoms with Crippen LogP contribution in [0.15, 0.2) is 48.5 Å². The molecule has 7 N–H and O–H groups in total. The van der Waals surface area contributed by atoms with Gasteiger partial charge in [0.1, 0.15) is 11.6 Å². The molecule has 0 saturated carbocycles. The van der Waals surface area contributed by atoms with Crippen LogP contribution in [0.4, 0.5) is 4.79 Å². The lowest BCUT2D eigenvalue weighted by Crippen LogP contribution is -2.46. The molecule has 0 aromatic heterocycles. The number of ether oxygens (including phenoxy) is 1. The Balaban J connectivity index is 0.000000416. The number of amides is 3. The van der Waals surface area contributed by atoms with Gasteiger partial charge >= 0.3 is 6.09 Å². The molecule has 0 unspecified atom stereocenters. The number of nitrogens with two attached hydrogens (primary N) is 1. The summed E-state index contributed by atoms with van der Waals surface area (Å²) >= 11 is 0. The van der Waals surface area contributed by atoms with Gasteiger partial charge in [0.25, 0.3) is 0 Å². The molecule has 2 aromatic rings. The zero-order valence-corrected chi connectivity index (χ0v) is 23.9. The van der Waals surface area contributed by atoms with Gasteiger partial charge in [0.05, 0.1) is 6.04 Å². The standard InChI is InChI=1S/C17H25N3O3.C12H17N3O/c1-11(18)14-8-6-13(7-9-14)10-19-15(21)12(2)20-16(22)23-17(3,4)5;1-8(13)11-5-3-10(4-6-11)7-15-12(16)9(2)14/h6-9,12,18H,10H2,1-5H3,(H,19,21)(H,20,22);3-6,9,13H,7,14H2,1-2H3,(H,15,16)/t12-;9-/m00/s1. The highest BCUT2D eigenvalue weighted by molar-refractivity contribution is 5.96. The molecule has 0 radical (unpaired) electrons. The van der Waals surface area contributed by atoms with Crippen molar-refractivity contribution in [2.75, 3.05) is 0 Å². The average molecular weight is 539 g/mol. The van der Waals surface area contributed by atoms with E-state index in [9.17, 15) is 14.4 Å². The number of rotatable bonds is 9. The summed E-state index contributed by atoms with van der Waals surface area (Å²) in [6.07, 6.45) is -0.619. The van der Waals surface area contributed by atoms with Gasteiger partial charge in [0.2, 0.25) is 11.8 Å². The molecule has 0 heterocycles. The van der Waals surface area contributed by atoms with Crippen LogP contribution in [0, 0.1) is 10.8 Å². The summed E-state index contributed by atoms with van der Waals surface area (Å²) in [6.45, 7) is 12.8. The lowest BCUT2D eigenvalue weighted by atomic mass is 10.1. The van der Waals surface area contributed by atoms with Crippen LogP contribution in [-0.2, 0) is 27.4 Å². The smallest absolute Gasteiger partial charge is 0.408 e. The van der Waals surface area contributed by atoms with Crippen LogP contribution < -0.4 is 21.7 Å². The minimum absolute atomic E-state index is 0.160. The Morgan fingerprint density at radius 3 is 1.51 bits per heavy atom. The van der Waals surface area contributed by atoms with E-state index >= 15 is 0 Å². The van der Waals surface area contributed by atoms with Gasteiger partial charge in [-0.25, -0.2) is 4.79 Å². The van der Waals surface area contributed by atoms with E-state index in [1.54, 1.807) is 48.5 Å². The fourth-order valence-electron chi connectivity index (χ4n) is 2.99. The van der Waals surface area contributed by atoms with Crippen LogP contribution in [0.25, 0.3) is 0 Å². The minimum atomic E-state index is -0.687. The summed E-state index contributed by atoms with van der Waals surface area (Å²) in [7, 11) is 0. The number of carbonyl (C=O) groups is 3. The average Bonchev–Trinajstić information content (AvgIpc) is 2.85. The Morgan fingerprint density at radius 1 is 0.795 bits per heavy atom. The topological polar surface area (TPSA) is 170 Å². The molecule has 0 bridgehead atoms. The lowest BCUT2D eigenvalue weighted by Gasteiger charge is -2.21. The third kappa shape index (κ3) is 13.4. The van der Waals surface area contributed by atoms with Gasteiger partial charge in [-0.3, -0.25) is 9.59 Å². The molecule has 0 aliphatic carbocycles. The van der Waals surface area contributed by atoms with E-state index in [-0.39, 0.29) is 11.8 Å². The third-order valence-electron chi connectivity index (χ3n) is 5.25. The largest absolute Gasteiger partial charge is 0.444 e. The van der Waals surface area contributed by atoms with Gasteiger partial charge < -0.3 is 37.2 Å². The number of nitrogens with one attached hydrogen (secondary N) is 5. The fourth-order valence-corrected chi connectivity index (χ4v) is 2.99. The number of alkyl carbamates (subject to hydrolysis) is 1. The predicted molar refractivity (Wildman–Crippen MR) is 154 cm³/mol. The molecule has 2 rings (SSSR count). The summed E-state index contributed by atoms with van der Waals surface area (Å²) in [6, 6.07) is 13.8. The van der Waals surface area contributed by atoms with E-state index in [4.69, 9.17) is 21.3 Å². The monoisotopic (exact) mass is 538 g/mol. The van der Waals surface area contributed by atoms with E-state index in [1.807, 2.05) is 48.5 Å². The van der Waals surface area contributed by atoms with E-state index in [2.05, 4.69) is 16.0 Å². The Kier molecular flexibility index (Phi) is 13.0. The molecule has 2 aromatic carbocycles. The van der Waals surface area contributed by atoms with Gasteiger partial charge in [0.15, 0.2) is 0 Å². The maximum absolute atomic E-state index is 12.0. The molecule has 39 heavy (non-hydrogen) atoms. The maximum Gasteiger partial charge on any atom is 0.408 e. The van der Waals surface area contributed by atoms with Crippen molar-refractivity contribution in [3.05, 3.63) is 70.8 Å². The van der Waals surface area contributed by atoms with Crippen LogP contribution in [0.3, 0.4) is 0 Å². The molecule has 0 spiro atoms. The van der Waals surface area contributed by atoms with Crippen LogP contribution in [0.5, 0.6) is 0 Å². The molecular weight excluding hydrogens is 496 g/mol. The second-order valence-corrected chi connectivity index (χ2v) is 10.2. The molecular formula is C29H42N6O4. The second-order valence-electron chi connectivity index (χ2n) is 10.2. The molecule has 10 nitrogen and oxygen atoms in total. The van der Waals surface area contributed by atoms with Gasteiger partial charge in [-0.05, 0) is 70.7 Å². The van der Waals surface area contributed by atoms with Crippen molar-refractivity contribution in [3.8, 4) is 0 Å². The zero-order valence-electron chi connectivity index (χ0n) is 23.9. The number of carbonyl (C=O) groups excluding carboxylic acids is 3. The minimum Gasteiger partial charge on any atom is -0.444 e. The molecule has 0 saturated heterocycles. The lowest BCUT2D eigenvalue weighted by molar-refractivity contribution is -0.123. The van der Waals surface area contributed by atoms with Crippen LogP contribution in [0.1, 0.15) is 70.7 Å². The van der Waals surface area contributed by atoms with Gasteiger partial charge in [0, 0.05) is 24.5 Å². The molecule has 3 amide bonds. The normalized spacial score (nSPS) is 12.1. The Labute approximate surface area is 231 Å². The number of hydrogen-bond acceptors (Lipinski definition) is 7. The highest BCUT2D eigenvalue weighted by Crippen LogP contribution is 2.08. The van der Waals surface area contributed by atoms with Crippen molar-refractivity contribution in [3.63, 3.8) is 0 Å².